The summed E-state index contributed by atoms with van der Waals surface area (Å²) in [6.45, 7) is 11.7. The first-order valence-corrected chi connectivity index (χ1v) is 7.69. The standard InChI is InChI=1S/C16H32O2/c1-6-8-13(3)14(17)16(18-7-2)11-9-15(4,5)10-12-16/h13-14,17H,6-12H2,1-5H3. The molecule has 18 heavy (non-hydrogen) atoms. The van der Waals surface area contributed by atoms with Crippen molar-refractivity contribution in [3.63, 3.8) is 0 Å². The highest BCUT2D eigenvalue weighted by Gasteiger charge is 2.45. The zero-order valence-electron chi connectivity index (χ0n) is 13.0. The lowest BCUT2D eigenvalue weighted by Gasteiger charge is -2.47. The van der Waals surface area contributed by atoms with E-state index in [1.807, 2.05) is 6.92 Å². The second-order valence-corrected chi connectivity index (χ2v) is 6.87. The van der Waals surface area contributed by atoms with Gasteiger partial charge in [-0.2, -0.15) is 0 Å². The van der Waals surface area contributed by atoms with Gasteiger partial charge in [-0.05, 0) is 50.4 Å². The SMILES string of the molecule is CCCC(C)C(O)C1(OCC)CCC(C)(C)CC1. The molecule has 1 aliphatic rings. The highest BCUT2D eigenvalue weighted by atomic mass is 16.5. The molecule has 0 heterocycles. The Morgan fingerprint density at radius 3 is 2.11 bits per heavy atom. The highest BCUT2D eigenvalue weighted by molar-refractivity contribution is 4.97. The van der Waals surface area contributed by atoms with Gasteiger partial charge in [0.05, 0.1) is 11.7 Å². The normalized spacial score (nSPS) is 25.7. The Morgan fingerprint density at radius 1 is 1.11 bits per heavy atom. The van der Waals surface area contributed by atoms with Gasteiger partial charge in [0.2, 0.25) is 0 Å². The maximum atomic E-state index is 10.7. The van der Waals surface area contributed by atoms with Crippen LogP contribution in [0.25, 0.3) is 0 Å². The van der Waals surface area contributed by atoms with Gasteiger partial charge in [-0.15, -0.1) is 0 Å². The molecule has 1 N–H and O–H groups in total. The summed E-state index contributed by atoms with van der Waals surface area (Å²) in [4.78, 5) is 0. The Bertz CT molecular complexity index is 237. The molecule has 1 saturated carbocycles. The van der Waals surface area contributed by atoms with Gasteiger partial charge < -0.3 is 9.84 Å². The lowest BCUT2D eigenvalue weighted by molar-refractivity contribution is -0.166. The van der Waals surface area contributed by atoms with Gasteiger partial charge in [-0.1, -0.05) is 34.1 Å². The van der Waals surface area contributed by atoms with Crippen molar-refractivity contribution in [3.05, 3.63) is 0 Å². The zero-order valence-corrected chi connectivity index (χ0v) is 13.0. The number of aliphatic hydroxyl groups excluding tert-OH is 1. The lowest BCUT2D eigenvalue weighted by Crippen LogP contribution is -2.51. The molecule has 0 aromatic rings. The van der Waals surface area contributed by atoms with Crippen molar-refractivity contribution in [2.75, 3.05) is 6.61 Å². The topological polar surface area (TPSA) is 29.5 Å². The van der Waals surface area contributed by atoms with Crippen LogP contribution in [0, 0.1) is 11.3 Å². The minimum atomic E-state index is -0.312. The maximum absolute atomic E-state index is 10.7. The van der Waals surface area contributed by atoms with Crippen molar-refractivity contribution in [1.29, 1.82) is 0 Å². The molecule has 0 spiro atoms. The highest BCUT2D eigenvalue weighted by Crippen LogP contribution is 2.45. The van der Waals surface area contributed by atoms with E-state index in [0.717, 1.165) is 38.5 Å². The van der Waals surface area contributed by atoms with Crippen LogP contribution in [0.15, 0.2) is 0 Å². The molecule has 0 aliphatic heterocycles. The van der Waals surface area contributed by atoms with Crippen molar-refractivity contribution in [1.82, 2.24) is 0 Å². The summed E-state index contributed by atoms with van der Waals surface area (Å²) in [5.74, 6) is 0.336. The molecule has 0 aromatic heterocycles. The quantitative estimate of drug-likeness (QED) is 0.773. The molecular weight excluding hydrogens is 224 g/mol. The van der Waals surface area contributed by atoms with E-state index in [9.17, 15) is 5.11 Å². The number of aliphatic hydroxyl groups is 1. The molecule has 0 aromatic carbocycles. The van der Waals surface area contributed by atoms with Gasteiger partial charge in [0.25, 0.3) is 0 Å². The Labute approximate surface area is 113 Å². The van der Waals surface area contributed by atoms with E-state index in [4.69, 9.17) is 4.74 Å². The van der Waals surface area contributed by atoms with E-state index >= 15 is 0 Å². The summed E-state index contributed by atoms with van der Waals surface area (Å²) >= 11 is 0. The van der Waals surface area contributed by atoms with E-state index in [0.29, 0.717) is 17.9 Å². The zero-order chi connectivity index (χ0) is 13.8. The van der Waals surface area contributed by atoms with E-state index in [2.05, 4.69) is 27.7 Å². The Morgan fingerprint density at radius 2 is 1.67 bits per heavy atom. The third-order valence-corrected chi connectivity index (χ3v) is 4.70. The minimum absolute atomic E-state index is 0.279. The molecule has 2 unspecified atom stereocenters. The molecule has 108 valence electrons. The van der Waals surface area contributed by atoms with Gasteiger partial charge in [0, 0.05) is 6.61 Å². The lowest BCUT2D eigenvalue weighted by atomic mass is 9.67. The van der Waals surface area contributed by atoms with Crippen LogP contribution in [-0.2, 0) is 4.74 Å². The first kappa shape index (κ1) is 16.0. The van der Waals surface area contributed by atoms with Crippen LogP contribution in [0.1, 0.15) is 73.1 Å². The van der Waals surface area contributed by atoms with Gasteiger partial charge in [0.15, 0.2) is 0 Å². The molecule has 1 aliphatic carbocycles. The molecule has 1 rings (SSSR count). The Hall–Kier alpha value is -0.0800. The van der Waals surface area contributed by atoms with Crippen LogP contribution in [0.4, 0.5) is 0 Å². The number of hydrogen-bond acceptors (Lipinski definition) is 2. The fourth-order valence-electron chi connectivity index (χ4n) is 3.29. The second kappa shape index (κ2) is 6.38. The fourth-order valence-corrected chi connectivity index (χ4v) is 3.29. The molecule has 0 amide bonds. The van der Waals surface area contributed by atoms with E-state index in [1.165, 1.54) is 0 Å². The third kappa shape index (κ3) is 3.71. The predicted molar refractivity (Wildman–Crippen MR) is 76.7 cm³/mol. The maximum Gasteiger partial charge on any atom is 0.0943 e. The van der Waals surface area contributed by atoms with Crippen molar-refractivity contribution in [3.8, 4) is 0 Å². The predicted octanol–water partition coefficient (Wildman–Crippen LogP) is 4.16. The van der Waals surface area contributed by atoms with Crippen LogP contribution in [0.3, 0.4) is 0 Å². The summed E-state index contributed by atoms with van der Waals surface area (Å²) < 4.78 is 6.04. The van der Waals surface area contributed by atoms with E-state index in [1.54, 1.807) is 0 Å². The van der Waals surface area contributed by atoms with Gasteiger partial charge in [-0.3, -0.25) is 0 Å². The summed E-state index contributed by atoms with van der Waals surface area (Å²) in [6.07, 6.45) is 6.22. The van der Waals surface area contributed by atoms with Crippen molar-refractivity contribution in [2.45, 2.75) is 84.8 Å². The van der Waals surface area contributed by atoms with Crippen molar-refractivity contribution < 1.29 is 9.84 Å². The van der Waals surface area contributed by atoms with Crippen LogP contribution in [0.5, 0.6) is 0 Å². The molecule has 2 nitrogen and oxygen atoms in total. The Balaban J connectivity index is 2.75. The number of rotatable bonds is 6. The average Bonchev–Trinajstić information content (AvgIpc) is 2.32. The molecule has 0 radical (unpaired) electrons. The van der Waals surface area contributed by atoms with E-state index < -0.39 is 0 Å². The Kier molecular flexibility index (Phi) is 5.67. The third-order valence-electron chi connectivity index (χ3n) is 4.70. The van der Waals surface area contributed by atoms with Gasteiger partial charge >= 0.3 is 0 Å². The number of ether oxygens (including phenoxy) is 1. The molecule has 0 bridgehead atoms. The molecule has 1 fully saturated rings. The van der Waals surface area contributed by atoms with Crippen LogP contribution in [0.2, 0.25) is 0 Å². The van der Waals surface area contributed by atoms with Crippen LogP contribution < -0.4 is 0 Å². The summed E-state index contributed by atoms with van der Waals surface area (Å²) in [6, 6.07) is 0. The largest absolute Gasteiger partial charge is 0.390 e. The van der Waals surface area contributed by atoms with Gasteiger partial charge in [-0.25, -0.2) is 0 Å². The molecule has 2 heteroatoms. The first-order chi connectivity index (χ1) is 8.37. The van der Waals surface area contributed by atoms with Crippen molar-refractivity contribution >= 4 is 0 Å². The van der Waals surface area contributed by atoms with Crippen LogP contribution in [-0.4, -0.2) is 23.4 Å². The van der Waals surface area contributed by atoms with Gasteiger partial charge in [0.1, 0.15) is 0 Å². The second-order valence-electron chi connectivity index (χ2n) is 6.87. The number of hydrogen-bond donors (Lipinski definition) is 1. The molecule has 0 saturated heterocycles. The van der Waals surface area contributed by atoms with E-state index in [-0.39, 0.29) is 11.7 Å². The summed E-state index contributed by atoms with van der Waals surface area (Å²) in [5, 5.41) is 10.7. The average molecular weight is 256 g/mol. The summed E-state index contributed by atoms with van der Waals surface area (Å²) in [7, 11) is 0. The monoisotopic (exact) mass is 256 g/mol. The van der Waals surface area contributed by atoms with Crippen molar-refractivity contribution in [2.24, 2.45) is 11.3 Å². The first-order valence-electron chi connectivity index (χ1n) is 7.69. The smallest absolute Gasteiger partial charge is 0.0943 e. The summed E-state index contributed by atoms with van der Waals surface area (Å²) in [5.41, 5.74) is 0.132. The molecular formula is C16H32O2. The fraction of sp³-hybridized carbons (Fsp3) is 1.00. The molecule has 2 atom stereocenters. The van der Waals surface area contributed by atoms with Crippen LogP contribution >= 0.6 is 0 Å². The minimum Gasteiger partial charge on any atom is -0.390 e.